The zero-order chi connectivity index (χ0) is 14.6. The first kappa shape index (κ1) is 16.8. The summed E-state index contributed by atoms with van der Waals surface area (Å²) >= 11 is 0. The Kier molecular flexibility index (Phi) is 6.16. The molecule has 6 heteroatoms. The van der Waals surface area contributed by atoms with Crippen molar-refractivity contribution in [3.05, 3.63) is 0 Å². The lowest BCUT2D eigenvalue weighted by Gasteiger charge is -2.39. The fraction of sp³-hybridized carbons (Fsp3) is 1.00. The Balaban J connectivity index is 2.40. The lowest BCUT2D eigenvalue weighted by molar-refractivity contribution is -0.301. The van der Waals surface area contributed by atoms with E-state index in [4.69, 9.17) is 14.6 Å². The Morgan fingerprint density at radius 1 is 1.05 bits per heavy atom. The van der Waals surface area contributed by atoms with Gasteiger partial charge >= 0.3 is 0 Å². The van der Waals surface area contributed by atoms with Crippen molar-refractivity contribution in [1.29, 1.82) is 0 Å². The molecule has 6 nitrogen and oxygen atoms in total. The van der Waals surface area contributed by atoms with Gasteiger partial charge in [-0.25, -0.2) is 0 Å². The SMILES string of the molecule is CC(C)(C)CCCOC1OC(CO)C(O)C(O)C1O. The maximum atomic E-state index is 9.74. The summed E-state index contributed by atoms with van der Waals surface area (Å²) in [5.74, 6) is 0. The topological polar surface area (TPSA) is 99.4 Å². The smallest absolute Gasteiger partial charge is 0.186 e. The third-order valence-electron chi connectivity index (χ3n) is 3.20. The Morgan fingerprint density at radius 2 is 1.68 bits per heavy atom. The zero-order valence-corrected chi connectivity index (χ0v) is 11.8. The highest BCUT2D eigenvalue weighted by molar-refractivity contribution is 4.88. The highest BCUT2D eigenvalue weighted by atomic mass is 16.7. The van der Waals surface area contributed by atoms with Gasteiger partial charge in [0.25, 0.3) is 0 Å². The van der Waals surface area contributed by atoms with E-state index in [1.54, 1.807) is 0 Å². The summed E-state index contributed by atoms with van der Waals surface area (Å²) in [5.41, 5.74) is 0.207. The number of aliphatic hydroxyl groups is 4. The van der Waals surface area contributed by atoms with Crippen molar-refractivity contribution >= 4 is 0 Å². The summed E-state index contributed by atoms with van der Waals surface area (Å²) in [4.78, 5) is 0. The van der Waals surface area contributed by atoms with Gasteiger partial charge in [0.05, 0.1) is 6.61 Å². The van der Waals surface area contributed by atoms with Crippen LogP contribution in [0.4, 0.5) is 0 Å². The predicted molar refractivity (Wildman–Crippen MR) is 68.4 cm³/mol. The summed E-state index contributed by atoms with van der Waals surface area (Å²) in [7, 11) is 0. The van der Waals surface area contributed by atoms with Gasteiger partial charge < -0.3 is 29.9 Å². The maximum Gasteiger partial charge on any atom is 0.186 e. The van der Waals surface area contributed by atoms with Crippen molar-refractivity contribution in [1.82, 2.24) is 0 Å². The van der Waals surface area contributed by atoms with E-state index in [2.05, 4.69) is 20.8 Å². The number of rotatable bonds is 5. The van der Waals surface area contributed by atoms with Crippen molar-refractivity contribution < 1.29 is 29.9 Å². The summed E-state index contributed by atoms with van der Waals surface area (Å²) < 4.78 is 10.6. The monoisotopic (exact) mass is 278 g/mol. The predicted octanol–water partition coefficient (Wildman–Crippen LogP) is -0.371. The van der Waals surface area contributed by atoms with Gasteiger partial charge in [-0.3, -0.25) is 0 Å². The van der Waals surface area contributed by atoms with Crippen molar-refractivity contribution in [3.8, 4) is 0 Å². The molecule has 0 amide bonds. The molecule has 0 spiro atoms. The molecule has 0 saturated carbocycles. The quantitative estimate of drug-likeness (QED) is 0.512. The average molecular weight is 278 g/mol. The molecule has 5 atom stereocenters. The minimum absolute atomic E-state index is 0.207. The van der Waals surface area contributed by atoms with E-state index >= 15 is 0 Å². The molecule has 0 radical (unpaired) electrons. The van der Waals surface area contributed by atoms with Gasteiger partial charge in [0.1, 0.15) is 24.4 Å². The molecule has 0 aliphatic carbocycles. The molecule has 114 valence electrons. The minimum Gasteiger partial charge on any atom is -0.394 e. The van der Waals surface area contributed by atoms with E-state index in [-0.39, 0.29) is 5.41 Å². The van der Waals surface area contributed by atoms with Gasteiger partial charge in [0.15, 0.2) is 6.29 Å². The summed E-state index contributed by atoms with van der Waals surface area (Å²) in [6, 6.07) is 0. The van der Waals surface area contributed by atoms with Crippen LogP contribution in [0.2, 0.25) is 0 Å². The van der Waals surface area contributed by atoms with Gasteiger partial charge in [0.2, 0.25) is 0 Å². The van der Waals surface area contributed by atoms with Crippen molar-refractivity contribution in [2.24, 2.45) is 5.41 Å². The second-order valence-corrected chi connectivity index (χ2v) is 6.23. The molecule has 0 aromatic carbocycles. The molecule has 0 bridgehead atoms. The summed E-state index contributed by atoms with van der Waals surface area (Å²) in [6.07, 6.45) is -4.19. The van der Waals surface area contributed by atoms with Crippen LogP contribution in [0.25, 0.3) is 0 Å². The van der Waals surface area contributed by atoms with Gasteiger partial charge in [-0.1, -0.05) is 20.8 Å². The highest BCUT2D eigenvalue weighted by Crippen LogP contribution is 2.24. The molecule has 5 unspecified atom stereocenters. The highest BCUT2D eigenvalue weighted by Gasteiger charge is 2.43. The molecule has 1 rings (SSSR count). The standard InChI is InChI=1S/C13H26O6/c1-13(2,3)5-4-6-18-12-11(17)10(16)9(15)8(7-14)19-12/h8-12,14-17H,4-7H2,1-3H3. The molecule has 1 aliphatic rings. The molecule has 19 heavy (non-hydrogen) atoms. The van der Waals surface area contributed by atoms with Crippen molar-refractivity contribution in [2.75, 3.05) is 13.2 Å². The van der Waals surface area contributed by atoms with E-state index < -0.39 is 37.3 Å². The largest absolute Gasteiger partial charge is 0.394 e. The number of aliphatic hydroxyl groups excluding tert-OH is 4. The van der Waals surface area contributed by atoms with Crippen LogP contribution in [0.5, 0.6) is 0 Å². The third kappa shape index (κ3) is 4.98. The second kappa shape index (κ2) is 6.97. The molecule has 1 aliphatic heterocycles. The van der Waals surface area contributed by atoms with Gasteiger partial charge in [-0.05, 0) is 18.3 Å². The van der Waals surface area contributed by atoms with Crippen LogP contribution in [-0.4, -0.2) is 64.3 Å². The molecule has 1 heterocycles. The Morgan fingerprint density at radius 3 is 2.21 bits per heavy atom. The normalized spacial score (nSPS) is 36.5. The van der Waals surface area contributed by atoms with E-state index in [9.17, 15) is 15.3 Å². The Bertz CT molecular complexity index is 262. The van der Waals surface area contributed by atoms with Gasteiger partial charge in [0, 0.05) is 6.61 Å². The van der Waals surface area contributed by atoms with E-state index in [1.165, 1.54) is 0 Å². The first-order valence-corrected chi connectivity index (χ1v) is 6.68. The van der Waals surface area contributed by atoms with Crippen molar-refractivity contribution in [3.63, 3.8) is 0 Å². The van der Waals surface area contributed by atoms with Crippen LogP contribution < -0.4 is 0 Å². The molecule has 1 saturated heterocycles. The summed E-state index contributed by atoms with van der Waals surface area (Å²) in [6.45, 7) is 6.33. The van der Waals surface area contributed by atoms with Crippen LogP contribution in [-0.2, 0) is 9.47 Å². The lowest BCUT2D eigenvalue weighted by Crippen LogP contribution is -2.59. The number of hydrogen-bond acceptors (Lipinski definition) is 6. The molecule has 4 N–H and O–H groups in total. The Hall–Kier alpha value is -0.240. The first-order chi connectivity index (χ1) is 8.76. The van der Waals surface area contributed by atoms with Gasteiger partial charge in [-0.2, -0.15) is 0 Å². The van der Waals surface area contributed by atoms with Crippen molar-refractivity contribution in [2.45, 2.75) is 64.3 Å². The molecule has 0 aromatic heterocycles. The maximum absolute atomic E-state index is 9.74. The average Bonchev–Trinajstić information content (AvgIpc) is 2.33. The van der Waals surface area contributed by atoms with E-state index in [0.717, 1.165) is 12.8 Å². The second-order valence-electron chi connectivity index (χ2n) is 6.23. The lowest BCUT2D eigenvalue weighted by atomic mass is 9.91. The summed E-state index contributed by atoms with van der Waals surface area (Å²) in [5, 5.41) is 38.0. The zero-order valence-electron chi connectivity index (χ0n) is 11.8. The number of ether oxygens (including phenoxy) is 2. The van der Waals surface area contributed by atoms with E-state index in [0.29, 0.717) is 6.61 Å². The molecular weight excluding hydrogens is 252 g/mol. The molecular formula is C13H26O6. The van der Waals surface area contributed by atoms with Crippen LogP contribution in [0, 0.1) is 5.41 Å². The fourth-order valence-corrected chi connectivity index (χ4v) is 2.01. The molecule has 1 fully saturated rings. The molecule has 0 aromatic rings. The first-order valence-electron chi connectivity index (χ1n) is 6.68. The van der Waals surface area contributed by atoms with E-state index in [1.807, 2.05) is 0 Å². The fourth-order valence-electron chi connectivity index (χ4n) is 2.01. The van der Waals surface area contributed by atoms with Crippen LogP contribution in [0.1, 0.15) is 33.6 Å². The third-order valence-corrected chi connectivity index (χ3v) is 3.20. The van der Waals surface area contributed by atoms with Crippen LogP contribution in [0.3, 0.4) is 0 Å². The Labute approximate surface area is 114 Å². The van der Waals surface area contributed by atoms with Gasteiger partial charge in [-0.15, -0.1) is 0 Å². The minimum atomic E-state index is -1.38. The van der Waals surface area contributed by atoms with Crippen LogP contribution in [0.15, 0.2) is 0 Å². The van der Waals surface area contributed by atoms with Crippen LogP contribution >= 0.6 is 0 Å². The number of hydrogen-bond donors (Lipinski definition) is 4.